The smallest absolute Gasteiger partial charge is 0.251 e. The van der Waals surface area contributed by atoms with Crippen LogP contribution in [-0.2, 0) is 0 Å². The molecule has 1 aromatic carbocycles. The van der Waals surface area contributed by atoms with Crippen LogP contribution in [0.4, 0.5) is 4.39 Å². The van der Waals surface area contributed by atoms with Crippen LogP contribution < -0.4 is 5.32 Å². The maximum atomic E-state index is 12.7. The van der Waals surface area contributed by atoms with E-state index in [4.69, 9.17) is 0 Å². The van der Waals surface area contributed by atoms with Crippen molar-refractivity contribution in [3.8, 4) is 0 Å². The number of rotatable bonds is 3. The number of amides is 1. The predicted octanol–water partition coefficient (Wildman–Crippen LogP) is 1.72. The third-order valence-electron chi connectivity index (χ3n) is 3.25. The molecule has 3 nitrogen and oxygen atoms in total. The van der Waals surface area contributed by atoms with Gasteiger partial charge in [0.2, 0.25) is 0 Å². The van der Waals surface area contributed by atoms with E-state index >= 15 is 0 Å². The molecule has 1 saturated carbocycles. The summed E-state index contributed by atoms with van der Waals surface area (Å²) >= 11 is 0. The van der Waals surface area contributed by atoms with Crippen molar-refractivity contribution < 1.29 is 14.3 Å². The molecule has 92 valence electrons. The monoisotopic (exact) mass is 237 g/mol. The third kappa shape index (κ3) is 3.03. The normalized spacial score (nSPS) is 23.6. The molecule has 1 aliphatic carbocycles. The van der Waals surface area contributed by atoms with E-state index < -0.39 is 0 Å². The van der Waals surface area contributed by atoms with Gasteiger partial charge in [-0.05, 0) is 37.1 Å². The van der Waals surface area contributed by atoms with Gasteiger partial charge in [0.25, 0.3) is 5.91 Å². The van der Waals surface area contributed by atoms with Crippen molar-refractivity contribution in [1.82, 2.24) is 5.32 Å². The molecular formula is C13H16FNO2. The minimum Gasteiger partial charge on any atom is -0.393 e. The Hall–Kier alpha value is -1.42. The van der Waals surface area contributed by atoms with Crippen molar-refractivity contribution >= 4 is 5.91 Å². The van der Waals surface area contributed by atoms with E-state index in [0.29, 0.717) is 12.1 Å². The molecular weight excluding hydrogens is 221 g/mol. The molecule has 2 rings (SSSR count). The first-order valence-corrected chi connectivity index (χ1v) is 5.88. The van der Waals surface area contributed by atoms with Crippen LogP contribution in [0.25, 0.3) is 0 Å². The summed E-state index contributed by atoms with van der Waals surface area (Å²) in [5, 5.41) is 12.4. The second kappa shape index (κ2) is 5.27. The average molecular weight is 237 g/mol. The Kier molecular flexibility index (Phi) is 3.74. The largest absolute Gasteiger partial charge is 0.393 e. The number of aliphatic hydroxyl groups excluding tert-OH is 1. The molecule has 17 heavy (non-hydrogen) atoms. The molecule has 1 aromatic rings. The van der Waals surface area contributed by atoms with Crippen LogP contribution in [0.15, 0.2) is 24.3 Å². The lowest BCUT2D eigenvalue weighted by Gasteiger charge is -2.14. The molecule has 0 saturated heterocycles. The van der Waals surface area contributed by atoms with Crippen LogP contribution in [0.3, 0.4) is 0 Å². The van der Waals surface area contributed by atoms with Gasteiger partial charge in [-0.15, -0.1) is 0 Å². The SMILES string of the molecule is O=C(NCC1CCCC1O)c1ccc(F)cc1. The van der Waals surface area contributed by atoms with Crippen LogP contribution in [-0.4, -0.2) is 23.7 Å². The standard InChI is InChI=1S/C13H16FNO2/c14-11-6-4-9(5-7-11)13(17)15-8-10-2-1-3-12(10)16/h4-7,10,12,16H,1-3,8H2,(H,15,17). The quantitative estimate of drug-likeness (QED) is 0.841. The molecule has 4 heteroatoms. The van der Waals surface area contributed by atoms with Gasteiger partial charge in [-0.25, -0.2) is 4.39 Å². The summed E-state index contributed by atoms with van der Waals surface area (Å²) in [6, 6.07) is 5.43. The minimum atomic E-state index is -0.354. The zero-order valence-electron chi connectivity index (χ0n) is 9.53. The van der Waals surface area contributed by atoms with Gasteiger partial charge >= 0.3 is 0 Å². The van der Waals surface area contributed by atoms with Gasteiger partial charge in [0, 0.05) is 18.0 Å². The second-order valence-electron chi connectivity index (χ2n) is 4.48. The molecule has 0 aromatic heterocycles. The highest BCUT2D eigenvalue weighted by molar-refractivity contribution is 5.94. The van der Waals surface area contributed by atoms with Gasteiger partial charge in [0.1, 0.15) is 5.82 Å². The van der Waals surface area contributed by atoms with Crippen molar-refractivity contribution in [2.45, 2.75) is 25.4 Å². The Morgan fingerprint density at radius 1 is 1.35 bits per heavy atom. The van der Waals surface area contributed by atoms with Crippen molar-refractivity contribution in [1.29, 1.82) is 0 Å². The van der Waals surface area contributed by atoms with Gasteiger partial charge < -0.3 is 10.4 Å². The average Bonchev–Trinajstić information content (AvgIpc) is 2.73. The van der Waals surface area contributed by atoms with E-state index in [1.165, 1.54) is 24.3 Å². The van der Waals surface area contributed by atoms with Crippen LogP contribution in [0.5, 0.6) is 0 Å². The van der Waals surface area contributed by atoms with Gasteiger partial charge in [-0.3, -0.25) is 4.79 Å². The molecule has 2 unspecified atom stereocenters. The Balaban J connectivity index is 1.87. The van der Waals surface area contributed by atoms with Gasteiger partial charge in [0.05, 0.1) is 6.10 Å². The number of carbonyl (C=O) groups is 1. The zero-order chi connectivity index (χ0) is 12.3. The zero-order valence-corrected chi connectivity index (χ0v) is 9.53. The molecule has 2 atom stereocenters. The first-order valence-electron chi connectivity index (χ1n) is 5.88. The second-order valence-corrected chi connectivity index (χ2v) is 4.48. The van der Waals surface area contributed by atoms with Crippen molar-refractivity contribution in [3.63, 3.8) is 0 Å². The van der Waals surface area contributed by atoms with Crippen LogP contribution in [0.1, 0.15) is 29.6 Å². The van der Waals surface area contributed by atoms with E-state index in [9.17, 15) is 14.3 Å². The highest BCUT2D eigenvalue weighted by atomic mass is 19.1. The number of halogens is 1. The fourth-order valence-corrected chi connectivity index (χ4v) is 2.18. The number of benzene rings is 1. The molecule has 1 aliphatic rings. The van der Waals surface area contributed by atoms with Crippen molar-refractivity contribution in [2.24, 2.45) is 5.92 Å². The molecule has 0 radical (unpaired) electrons. The fourth-order valence-electron chi connectivity index (χ4n) is 2.18. The van der Waals surface area contributed by atoms with E-state index in [2.05, 4.69) is 5.32 Å². The topological polar surface area (TPSA) is 49.3 Å². The van der Waals surface area contributed by atoms with E-state index in [-0.39, 0.29) is 23.7 Å². The van der Waals surface area contributed by atoms with Gasteiger partial charge in [-0.2, -0.15) is 0 Å². The van der Waals surface area contributed by atoms with E-state index in [0.717, 1.165) is 19.3 Å². The van der Waals surface area contributed by atoms with Crippen LogP contribution >= 0.6 is 0 Å². The molecule has 0 heterocycles. The first-order chi connectivity index (χ1) is 8.16. The summed E-state index contributed by atoms with van der Waals surface area (Å²) in [4.78, 5) is 11.7. The number of nitrogens with one attached hydrogen (secondary N) is 1. The molecule has 2 N–H and O–H groups in total. The van der Waals surface area contributed by atoms with Crippen molar-refractivity contribution in [2.75, 3.05) is 6.54 Å². The van der Waals surface area contributed by atoms with Crippen LogP contribution in [0.2, 0.25) is 0 Å². The van der Waals surface area contributed by atoms with Gasteiger partial charge in [-0.1, -0.05) is 6.42 Å². The fraction of sp³-hybridized carbons (Fsp3) is 0.462. The highest BCUT2D eigenvalue weighted by Gasteiger charge is 2.25. The van der Waals surface area contributed by atoms with Crippen molar-refractivity contribution in [3.05, 3.63) is 35.6 Å². The van der Waals surface area contributed by atoms with Gasteiger partial charge in [0.15, 0.2) is 0 Å². The number of hydrogen-bond donors (Lipinski definition) is 2. The Bertz CT molecular complexity index is 391. The molecule has 0 bridgehead atoms. The third-order valence-corrected chi connectivity index (χ3v) is 3.25. The molecule has 0 aliphatic heterocycles. The molecule has 1 amide bonds. The lowest BCUT2D eigenvalue weighted by atomic mass is 10.1. The number of hydrogen-bond acceptors (Lipinski definition) is 2. The van der Waals surface area contributed by atoms with Crippen LogP contribution in [0, 0.1) is 11.7 Å². The maximum absolute atomic E-state index is 12.7. The first kappa shape index (κ1) is 12.0. The van der Waals surface area contributed by atoms with E-state index in [1.54, 1.807) is 0 Å². The minimum absolute atomic E-state index is 0.152. The summed E-state index contributed by atoms with van der Waals surface area (Å²) in [5.74, 6) is -0.420. The Morgan fingerprint density at radius 3 is 2.65 bits per heavy atom. The summed E-state index contributed by atoms with van der Waals surface area (Å²) in [6.07, 6.45) is 2.48. The number of carbonyl (C=O) groups excluding carboxylic acids is 1. The van der Waals surface area contributed by atoms with E-state index in [1.807, 2.05) is 0 Å². The Labute approximate surface area is 99.7 Å². The molecule has 0 spiro atoms. The summed E-state index contributed by atoms with van der Waals surface area (Å²) < 4.78 is 12.7. The lowest BCUT2D eigenvalue weighted by Crippen LogP contribution is -2.32. The molecule has 1 fully saturated rings. The summed E-state index contributed by atoms with van der Waals surface area (Å²) in [7, 11) is 0. The lowest BCUT2D eigenvalue weighted by molar-refractivity contribution is 0.0917. The number of aliphatic hydroxyl groups is 1. The highest BCUT2D eigenvalue weighted by Crippen LogP contribution is 2.24. The Morgan fingerprint density at radius 2 is 2.06 bits per heavy atom. The maximum Gasteiger partial charge on any atom is 0.251 e. The summed E-state index contributed by atoms with van der Waals surface area (Å²) in [5.41, 5.74) is 0.443. The predicted molar refractivity (Wildman–Crippen MR) is 62.1 cm³/mol. The summed E-state index contributed by atoms with van der Waals surface area (Å²) in [6.45, 7) is 0.484.